The summed E-state index contributed by atoms with van der Waals surface area (Å²) in [4.78, 5) is 4.03. The van der Waals surface area contributed by atoms with Gasteiger partial charge in [-0.15, -0.1) is 0 Å². The van der Waals surface area contributed by atoms with Crippen LogP contribution in [0.5, 0.6) is 0 Å². The van der Waals surface area contributed by atoms with Crippen LogP contribution in [0.4, 0.5) is 5.69 Å². The van der Waals surface area contributed by atoms with Crippen molar-refractivity contribution in [3.63, 3.8) is 0 Å². The van der Waals surface area contributed by atoms with Crippen LogP contribution in [0.1, 0.15) is 11.3 Å². The monoisotopic (exact) mass is 156 g/mol. The molecular weight excluding hydrogens is 148 g/mol. The number of hydrogen-bond acceptors (Lipinski definition) is 2. The molecule has 1 heterocycles. The standard InChI is InChI=1S/C7H9ClN2/c1-4-3-10-5(2)6(8)7(4)9/h3H,1-2H3,(H2,9,10). The number of aromatic nitrogens is 1. The molecule has 2 nitrogen and oxygen atoms in total. The van der Waals surface area contributed by atoms with Crippen LogP contribution >= 0.6 is 11.6 Å². The molecule has 0 saturated carbocycles. The molecule has 0 radical (unpaired) electrons. The Morgan fingerprint density at radius 3 is 2.60 bits per heavy atom. The van der Waals surface area contributed by atoms with E-state index in [0.29, 0.717) is 10.7 Å². The lowest BCUT2D eigenvalue weighted by molar-refractivity contribution is 1.17. The second kappa shape index (κ2) is 2.46. The fourth-order valence-corrected chi connectivity index (χ4v) is 0.886. The summed E-state index contributed by atoms with van der Waals surface area (Å²) in [5.41, 5.74) is 7.95. The first kappa shape index (κ1) is 7.35. The maximum atomic E-state index is 5.80. The van der Waals surface area contributed by atoms with E-state index in [4.69, 9.17) is 17.3 Å². The van der Waals surface area contributed by atoms with Crippen LogP contribution in [-0.4, -0.2) is 4.98 Å². The average Bonchev–Trinajstić information content (AvgIpc) is 1.93. The number of anilines is 1. The van der Waals surface area contributed by atoms with Crippen LogP contribution in [0.25, 0.3) is 0 Å². The molecule has 0 aliphatic heterocycles. The van der Waals surface area contributed by atoms with Crippen LogP contribution < -0.4 is 5.73 Å². The van der Waals surface area contributed by atoms with Crippen LogP contribution in [0, 0.1) is 13.8 Å². The maximum Gasteiger partial charge on any atom is 0.0850 e. The summed E-state index contributed by atoms with van der Waals surface area (Å²) in [6, 6.07) is 0. The minimum atomic E-state index is 0.569. The summed E-state index contributed by atoms with van der Waals surface area (Å²) in [6.45, 7) is 3.71. The third kappa shape index (κ3) is 1.07. The molecule has 0 atom stereocenters. The van der Waals surface area contributed by atoms with Gasteiger partial charge in [0.25, 0.3) is 0 Å². The van der Waals surface area contributed by atoms with Crippen LogP contribution in [-0.2, 0) is 0 Å². The van der Waals surface area contributed by atoms with Crippen molar-refractivity contribution >= 4 is 17.3 Å². The minimum absolute atomic E-state index is 0.569. The quantitative estimate of drug-likeness (QED) is 0.624. The summed E-state index contributed by atoms with van der Waals surface area (Å²) in [5.74, 6) is 0. The van der Waals surface area contributed by atoms with E-state index >= 15 is 0 Å². The Labute approximate surface area is 65.0 Å². The van der Waals surface area contributed by atoms with Gasteiger partial charge in [0.1, 0.15) is 0 Å². The van der Waals surface area contributed by atoms with E-state index < -0.39 is 0 Å². The van der Waals surface area contributed by atoms with Gasteiger partial charge in [0.2, 0.25) is 0 Å². The molecule has 0 amide bonds. The number of halogens is 1. The van der Waals surface area contributed by atoms with Gasteiger partial charge in [0.05, 0.1) is 16.4 Å². The average molecular weight is 157 g/mol. The maximum absolute atomic E-state index is 5.80. The van der Waals surface area contributed by atoms with Crippen molar-refractivity contribution in [3.05, 3.63) is 22.5 Å². The topological polar surface area (TPSA) is 38.9 Å². The number of hydrogen-bond donors (Lipinski definition) is 1. The largest absolute Gasteiger partial charge is 0.397 e. The molecule has 2 N–H and O–H groups in total. The van der Waals surface area contributed by atoms with Gasteiger partial charge in [0, 0.05) is 6.20 Å². The van der Waals surface area contributed by atoms with E-state index in [0.717, 1.165) is 11.3 Å². The highest BCUT2D eigenvalue weighted by molar-refractivity contribution is 6.33. The van der Waals surface area contributed by atoms with Gasteiger partial charge in [-0.25, -0.2) is 0 Å². The van der Waals surface area contributed by atoms with Gasteiger partial charge in [0.15, 0.2) is 0 Å². The van der Waals surface area contributed by atoms with Gasteiger partial charge in [-0.1, -0.05) is 11.6 Å². The van der Waals surface area contributed by atoms with Crippen LogP contribution in [0.15, 0.2) is 6.20 Å². The predicted octanol–water partition coefficient (Wildman–Crippen LogP) is 1.93. The number of rotatable bonds is 0. The van der Waals surface area contributed by atoms with Gasteiger partial charge in [-0.2, -0.15) is 0 Å². The van der Waals surface area contributed by atoms with Gasteiger partial charge in [-0.05, 0) is 19.4 Å². The highest BCUT2D eigenvalue weighted by Crippen LogP contribution is 2.23. The second-order valence-electron chi connectivity index (χ2n) is 2.25. The Kier molecular flexibility index (Phi) is 1.81. The summed E-state index contributed by atoms with van der Waals surface area (Å²) in [5, 5.41) is 0.569. The molecule has 0 fully saturated rings. The first-order valence-corrected chi connectivity index (χ1v) is 3.38. The van der Waals surface area contributed by atoms with E-state index in [-0.39, 0.29) is 0 Å². The first-order valence-electron chi connectivity index (χ1n) is 3.00. The molecule has 0 unspecified atom stereocenters. The lowest BCUT2D eigenvalue weighted by atomic mass is 10.2. The molecule has 54 valence electrons. The molecule has 1 aromatic heterocycles. The van der Waals surface area contributed by atoms with Crippen molar-refractivity contribution in [1.82, 2.24) is 4.98 Å². The zero-order chi connectivity index (χ0) is 7.72. The number of nitrogen functional groups attached to an aromatic ring is 1. The Balaban J connectivity index is 3.34. The van der Waals surface area contributed by atoms with E-state index in [2.05, 4.69) is 4.98 Å². The van der Waals surface area contributed by atoms with Crippen molar-refractivity contribution in [1.29, 1.82) is 0 Å². The van der Waals surface area contributed by atoms with Crippen molar-refractivity contribution < 1.29 is 0 Å². The summed E-state index contributed by atoms with van der Waals surface area (Å²) < 4.78 is 0. The van der Waals surface area contributed by atoms with Gasteiger partial charge >= 0.3 is 0 Å². The minimum Gasteiger partial charge on any atom is -0.397 e. The SMILES string of the molecule is Cc1cnc(C)c(Cl)c1N. The smallest absolute Gasteiger partial charge is 0.0850 e. The molecule has 0 bridgehead atoms. The molecule has 0 aliphatic rings. The zero-order valence-corrected chi connectivity index (χ0v) is 6.74. The highest BCUT2D eigenvalue weighted by atomic mass is 35.5. The summed E-state index contributed by atoms with van der Waals surface area (Å²) in [6.07, 6.45) is 1.72. The lowest BCUT2D eigenvalue weighted by Crippen LogP contribution is -1.94. The molecule has 1 aromatic rings. The van der Waals surface area contributed by atoms with Crippen LogP contribution in [0.3, 0.4) is 0 Å². The number of aryl methyl sites for hydroxylation is 2. The van der Waals surface area contributed by atoms with E-state index in [1.165, 1.54) is 0 Å². The number of nitrogens with two attached hydrogens (primary N) is 1. The van der Waals surface area contributed by atoms with Crippen LogP contribution in [0.2, 0.25) is 5.02 Å². The third-order valence-electron chi connectivity index (χ3n) is 1.43. The Bertz CT molecular complexity index is 231. The summed E-state index contributed by atoms with van der Waals surface area (Å²) in [7, 11) is 0. The fraction of sp³-hybridized carbons (Fsp3) is 0.286. The molecule has 0 spiro atoms. The number of pyridine rings is 1. The van der Waals surface area contributed by atoms with E-state index in [1.54, 1.807) is 6.20 Å². The molecule has 10 heavy (non-hydrogen) atoms. The van der Waals surface area contributed by atoms with Crippen molar-refractivity contribution in [2.45, 2.75) is 13.8 Å². The fourth-order valence-electron chi connectivity index (χ4n) is 0.688. The van der Waals surface area contributed by atoms with Crippen molar-refractivity contribution in [2.24, 2.45) is 0 Å². The Hall–Kier alpha value is -0.760. The lowest BCUT2D eigenvalue weighted by Gasteiger charge is -2.02. The Morgan fingerprint density at radius 1 is 1.50 bits per heavy atom. The molecule has 1 rings (SSSR count). The second-order valence-corrected chi connectivity index (χ2v) is 2.63. The molecule has 3 heteroatoms. The van der Waals surface area contributed by atoms with Gasteiger partial charge < -0.3 is 5.73 Å². The molecular formula is C7H9ClN2. The zero-order valence-electron chi connectivity index (χ0n) is 5.98. The first-order chi connectivity index (χ1) is 4.63. The number of nitrogens with zero attached hydrogens (tertiary/aromatic N) is 1. The molecule has 0 aromatic carbocycles. The predicted molar refractivity (Wildman–Crippen MR) is 43.1 cm³/mol. The normalized spacial score (nSPS) is 9.90. The van der Waals surface area contributed by atoms with Gasteiger partial charge in [-0.3, -0.25) is 4.98 Å². The van der Waals surface area contributed by atoms with Crippen molar-refractivity contribution in [2.75, 3.05) is 5.73 Å². The highest BCUT2D eigenvalue weighted by Gasteiger charge is 2.02. The molecule has 0 aliphatic carbocycles. The van der Waals surface area contributed by atoms with E-state index in [9.17, 15) is 0 Å². The van der Waals surface area contributed by atoms with E-state index in [1.807, 2.05) is 13.8 Å². The van der Waals surface area contributed by atoms with Crippen molar-refractivity contribution in [3.8, 4) is 0 Å². The third-order valence-corrected chi connectivity index (χ3v) is 1.91. The Morgan fingerprint density at radius 2 is 2.10 bits per heavy atom. The molecule has 0 saturated heterocycles. The summed E-state index contributed by atoms with van der Waals surface area (Å²) >= 11 is 5.80.